The van der Waals surface area contributed by atoms with Gasteiger partial charge in [-0.15, -0.1) is 0 Å². The van der Waals surface area contributed by atoms with Gasteiger partial charge in [0.05, 0.1) is 5.56 Å². The van der Waals surface area contributed by atoms with Crippen molar-refractivity contribution >= 4 is 35.0 Å². The topological polar surface area (TPSA) is 67.4 Å². The quantitative estimate of drug-likeness (QED) is 0.735. The molecule has 0 spiro atoms. The number of ether oxygens (including phenoxy) is 1. The van der Waals surface area contributed by atoms with Gasteiger partial charge >= 0.3 is 5.51 Å². The van der Waals surface area contributed by atoms with Gasteiger partial charge in [0.15, 0.2) is 0 Å². The van der Waals surface area contributed by atoms with E-state index in [1.165, 1.54) is 37.4 Å². The summed E-state index contributed by atoms with van der Waals surface area (Å²) >= 11 is -0.348. The van der Waals surface area contributed by atoms with Gasteiger partial charge in [0, 0.05) is 23.4 Å². The number of amides is 2. The summed E-state index contributed by atoms with van der Waals surface area (Å²) in [5.74, 6) is -1.05. The molecule has 9 heteroatoms. The van der Waals surface area contributed by atoms with Crippen LogP contribution in [0, 0.1) is 0 Å². The lowest BCUT2D eigenvalue weighted by molar-refractivity contribution is -0.119. The van der Waals surface area contributed by atoms with E-state index in [1.54, 1.807) is 18.2 Å². The highest BCUT2D eigenvalue weighted by Crippen LogP contribution is 2.38. The van der Waals surface area contributed by atoms with Crippen molar-refractivity contribution in [3.63, 3.8) is 0 Å². The zero-order chi connectivity index (χ0) is 19.2. The van der Waals surface area contributed by atoms with E-state index in [4.69, 9.17) is 4.74 Å². The van der Waals surface area contributed by atoms with E-state index in [2.05, 4.69) is 10.6 Å². The van der Waals surface area contributed by atoms with Crippen molar-refractivity contribution in [2.45, 2.75) is 10.4 Å². The van der Waals surface area contributed by atoms with Crippen molar-refractivity contribution in [3.8, 4) is 0 Å². The zero-order valence-electron chi connectivity index (χ0n) is 13.6. The molecule has 0 radical (unpaired) electrons. The summed E-state index contributed by atoms with van der Waals surface area (Å²) in [6, 6.07) is 11.7. The van der Waals surface area contributed by atoms with Crippen LogP contribution < -0.4 is 10.6 Å². The number of alkyl halides is 3. The minimum Gasteiger partial charge on any atom is -0.375 e. The standard InChI is InChI=1S/C17H15F3N2O3S/c1-25-10-15(23)21-11-5-4-6-12(9-11)22-16(24)13-7-2-3-8-14(13)26-17(18,19)20/h2-9H,10H2,1H3,(H,21,23)(H,22,24). The highest BCUT2D eigenvalue weighted by molar-refractivity contribution is 8.00. The first-order valence-electron chi connectivity index (χ1n) is 7.33. The van der Waals surface area contributed by atoms with E-state index >= 15 is 0 Å². The lowest BCUT2D eigenvalue weighted by Crippen LogP contribution is -2.17. The summed E-state index contributed by atoms with van der Waals surface area (Å²) in [6.45, 7) is -0.126. The largest absolute Gasteiger partial charge is 0.446 e. The zero-order valence-corrected chi connectivity index (χ0v) is 14.4. The van der Waals surface area contributed by atoms with Gasteiger partial charge < -0.3 is 15.4 Å². The minimum atomic E-state index is -4.50. The maximum atomic E-state index is 12.6. The van der Waals surface area contributed by atoms with Gasteiger partial charge in [0.1, 0.15) is 6.61 Å². The number of rotatable bonds is 6. The van der Waals surface area contributed by atoms with E-state index in [9.17, 15) is 22.8 Å². The van der Waals surface area contributed by atoms with Crippen LogP contribution in [0.1, 0.15) is 10.4 Å². The van der Waals surface area contributed by atoms with Gasteiger partial charge in [-0.2, -0.15) is 13.2 Å². The fraction of sp³-hybridized carbons (Fsp3) is 0.176. The Hall–Kier alpha value is -2.52. The third kappa shape index (κ3) is 6.08. The van der Waals surface area contributed by atoms with Crippen LogP contribution in [0.25, 0.3) is 0 Å². The van der Waals surface area contributed by atoms with E-state index in [1.807, 2.05) is 0 Å². The molecule has 0 saturated carbocycles. The summed E-state index contributed by atoms with van der Waals surface area (Å²) in [6.07, 6.45) is 0. The SMILES string of the molecule is COCC(=O)Nc1cccc(NC(=O)c2ccccc2SC(F)(F)F)c1. The average Bonchev–Trinajstić information content (AvgIpc) is 2.54. The van der Waals surface area contributed by atoms with Gasteiger partial charge in [-0.1, -0.05) is 18.2 Å². The molecule has 26 heavy (non-hydrogen) atoms. The number of hydrogen-bond donors (Lipinski definition) is 2. The number of carbonyl (C=O) groups is 2. The number of methoxy groups -OCH3 is 1. The van der Waals surface area contributed by atoms with E-state index < -0.39 is 11.4 Å². The second-order valence-electron chi connectivity index (χ2n) is 5.06. The monoisotopic (exact) mass is 384 g/mol. The number of benzene rings is 2. The number of hydrogen-bond acceptors (Lipinski definition) is 4. The lowest BCUT2D eigenvalue weighted by atomic mass is 10.2. The fourth-order valence-corrected chi connectivity index (χ4v) is 2.74. The first-order chi connectivity index (χ1) is 12.3. The Morgan fingerprint density at radius 1 is 1.04 bits per heavy atom. The van der Waals surface area contributed by atoms with Crippen LogP contribution in [0.3, 0.4) is 0 Å². The van der Waals surface area contributed by atoms with Crippen LogP contribution in [0.2, 0.25) is 0 Å². The van der Waals surface area contributed by atoms with Crippen molar-refractivity contribution in [1.29, 1.82) is 0 Å². The molecule has 0 atom stereocenters. The van der Waals surface area contributed by atoms with E-state index in [-0.39, 0.29) is 34.7 Å². The predicted molar refractivity (Wildman–Crippen MR) is 93.3 cm³/mol. The van der Waals surface area contributed by atoms with Crippen LogP contribution in [-0.4, -0.2) is 31.0 Å². The van der Waals surface area contributed by atoms with Gasteiger partial charge in [0.2, 0.25) is 5.91 Å². The Kier molecular flexibility index (Phi) is 6.64. The Morgan fingerprint density at radius 2 is 1.69 bits per heavy atom. The number of thioether (sulfide) groups is 1. The van der Waals surface area contributed by atoms with Crippen LogP contribution in [0.15, 0.2) is 53.4 Å². The first kappa shape index (κ1) is 19.8. The van der Waals surface area contributed by atoms with Crippen LogP contribution in [-0.2, 0) is 9.53 Å². The second-order valence-corrected chi connectivity index (χ2v) is 6.17. The van der Waals surface area contributed by atoms with Crippen molar-refractivity contribution in [2.24, 2.45) is 0 Å². The molecular weight excluding hydrogens is 369 g/mol. The van der Waals surface area contributed by atoms with Crippen LogP contribution >= 0.6 is 11.8 Å². The molecule has 0 heterocycles. The normalized spacial score (nSPS) is 11.1. The number of nitrogens with one attached hydrogen (secondary N) is 2. The molecule has 0 saturated heterocycles. The van der Waals surface area contributed by atoms with E-state index in [0.717, 1.165) is 0 Å². The van der Waals surface area contributed by atoms with Crippen molar-refractivity contribution < 1.29 is 27.5 Å². The average molecular weight is 384 g/mol. The second kappa shape index (κ2) is 8.72. The predicted octanol–water partition coefficient (Wildman–Crippen LogP) is 4.14. The summed E-state index contributed by atoms with van der Waals surface area (Å²) in [5.41, 5.74) is -3.84. The highest BCUT2D eigenvalue weighted by Gasteiger charge is 2.31. The Balaban J connectivity index is 2.14. The molecule has 2 aromatic rings. The number of carbonyl (C=O) groups excluding carboxylic acids is 2. The summed E-state index contributed by atoms with van der Waals surface area (Å²) in [4.78, 5) is 23.7. The van der Waals surface area contributed by atoms with Gasteiger partial charge in [-0.3, -0.25) is 9.59 Å². The van der Waals surface area contributed by atoms with Gasteiger partial charge in [-0.05, 0) is 42.1 Å². The summed E-state index contributed by atoms with van der Waals surface area (Å²) in [5, 5.41) is 5.10. The molecule has 2 N–H and O–H groups in total. The Bertz CT molecular complexity index is 797. The molecule has 0 unspecified atom stereocenters. The van der Waals surface area contributed by atoms with Gasteiger partial charge in [0.25, 0.3) is 5.91 Å². The molecule has 2 rings (SSSR count). The Labute approximate surface area is 151 Å². The Morgan fingerprint density at radius 3 is 2.35 bits per heavy atom. The van der Waals surface area contributed by atoms with Crippen LogP contribution in [0.5, 0.6) is 0 Å². The maximum absolute atomic E-state index is 12.6. The van der Waals surface area contributed by atoms with Crippen LogP contribution in [0.4, 0.5) is 24.5 Å². The molecule has 0 aliphatic carbocycles. The molecule has 138 valence electrons. The molecule has 2 aromatic carbocycles. The lowest BCUT2D eigenvalue weighted by Gasteiger charge is -2.12. The molecular formula is C17H15F3N2O3S. The van der Waals surface area contributed by atoms with Crippen molar-refractivity contribution in [2.75, 3.05) is 24.4 Å². The van der Waals surface area contributed by atoms with Crippen molar-refractivity contribution in [1.82, 2.24) is 0 Å². The molecule has 0 aliphatic rings. The highest BCUT2D eigenvalue weighted by atomic mass is 32.2. The molecule has 0 aromatic heterocycles. The smallest absolute Gasteiger partial charge is 0.375 e. The minimum absolute atomic E-state index is 0.0938. The molecule has 0 bridgehead atoms. The summed E-state index contributed by atoms with van der Waals surface area (Å²) in [7, 11) is 1.38. The fourth-order valence-electron chi connectivity index (χ4n) is 2.07. The first-order valence-corrected chi connectivity index (χ1v) is 8.15. The van der Waals surface area contributed by atoms with E-state index in [0.29, 0.717) is 11.4 Å². The molecule has 2 amide bonds. The van der Waals surface area contributed by atoms with Crippen molar-refractivity contribution in [3.05, 3.63) is 54.1 Å². The number of anilines is 2. The molecule has 0 fully saturated rings. The summed E-state index contributed by atoms with van der Waals surface area (Å²) < 4.78 is 42.6. The third-order valence-electron chi connectivity index (χ3n) is 3.04. The van der Waals surface area contributed by atoms with Gasteiger partial charge in [-0.25, -0.2) is 0 Å². The number of halogens is 3. The molecule has 0 aliphatic heterocycles. The third-order valence-corrected chi connectivity index (χ3v) is 3.84. The maximum Gasteiger partial charge on any atom is 0.446 e. The molecule has 5 nitrogen and oxygen atoms in total.